The molecule has 0 aromatic heterocycles. The molecule has 0 heterocycles. The van der Waals surface area contributed by atoms with Crippen molar-refractivity contribution in [1.82, 2.24) is 0 Å². The minimum absolute atomic E-state index is 0.257. The summed E-state index contributed by atoms with van der Waals surface area (Å²) in [6.07, 6.45) is 1.98. The summed E-state index contributed by atoms with van der Waals surface area (Å²) in [4.78, 5) is 0. The third-order valence-corrected chi connectivity index (χ3v) is 5.98. The Morgan fingerprint density at radius 1 is 0.586 bits per heavy atom. The average Bonchev–Trinajstić information content (AvgIpc) is 3.58. The molecule has 0 unspecified atom stereocenters. The highest BCUT2D eigenvalue weighted by Crippen LogP contribution is 2.42. The van der Waals surface area contributed by atoms with Gasteiger partial charge in [-0.3, -0.25) is 0 Å². The number of benzene rings is 4. The SMILES string of the molecule is c1ccc(C(CCOc2ccc3c(c2)C3)(c2ccccc2)c2ccccc2)cc1. The van der Waals surface area contributed by atoms with Crippen molar-refractivity contribution in [3.63, 3.8) is 0 Å². The van der Waals surface area contributed by atoms with Crippen LogP contribution < -0.4 is 4.74 Å². The summed E-state index contributed by atoms with van der Waals surface area (Å²) in [5, 5.41) is 0. The maximum Gasteiger partial charge on any atom is 0.119 e. The Hall–Kier alpha value is -3.32. The molecular weight excluding hydrogens is 352 g/mol. The average molecular weight is 376 g/mol. The van der Waals surface area contributed by atoms with Crippen molar-refractivity contribution in [3.05, 3.63) is 137 Å². The summed E-state index contributed by atoms with van der Waals surface area (Å²) < 4.78 is 6.24. The highest BCUT2D eigenvalue weighted by molar-refractivity contribution is 5.51. The Morgan fingerprint density at radius 3 is 1.59 bits per heavy atom. The normalized spacial score (nSPS) is 12.3. The molecular formula is C28H24O. The molecule has 1 nitrogen and oxygen atoms in total. The van der Waals surface area contributed by atoms with E-state index in [1.54, 1.807) is 0 Å². The third-order valence-electron chi connectivity index (χ3n) is 5.98. The van der Waals surface area contributed by atoms with Crippen LogP contribution >= 0.6 is 0 Å². The van der Waals surface area contributed by atoms with Gasteiger partial charge < -0.3 is 4.74 Å². The molecule has 1 aliphatic carbocycles. The second kappa shape index (κ2) is 7.60. The topological polar surface area (TPSA) is 9.23 Å². The smallest absolute Gasteiger partial charge is 0.119 e. The molecule has 4 aromatic rings. The lowest BCUT2D eigenvalue weighted by Gasteiger charge is -2.36. The van der Waals surface area contributed by atoms with Crippen molar-refractivity contribution in [1.29, 1.82) is 0 Å². The van der Waals surface area contributed by atoms with E-state index in [-0.39, 0.29) is 5.41 Å². The van der Waals surface area contributed by atoms with Crippen LogP contribution in [-0.4, -0.2) is 6.61 Å². The summed E-state index contributed by atoms with van der Waals surface area (Å²) in [7, 11) is 0. The molecule has 5 rings (SSSR count). The van der Waals surface area contributed by atoms with Gasteiger partial charge in [-0.05, 0) is 52.8 Å². The zero-order valence-corrected chi connectivity index (χ0v) is 16.4. The molecule has 0 atom stereocenters. The van der Waals surface area contributed by atoms with Crippen LogP contribution in [-0.2, 0) is 11.8 Å². The van der Waals surface area contributed by atoms with Crippen molar-refractivity contribution < 1.29 is 4.74 Å². The van der Waals surface area contributed by atoms with E-state index in [2.05, 4.69) is 109 Å². The first-order chi connectivity index (χ1) is 14.4. The molecule has 0 N–H and O–H groups in total. The minimum atomic E-state index is -0.257. The van der Waals surface area contributed by atoms with Crippen LogP contribution in [0.2, 0.25) is 0 Å². The molecule has 1 heteroatoms. The van der Waals surface area contributed by atoms with Crippen molar-refractivity contribution in [2.45, 2.75) is 18.3 Å². The van der Waals surface area contributed by atoms with Crippen LogP contribution in [0.1, 0.15) is 34.2 Å². The molecule has 0 fully saturated rings. The van der Waals surface area contributed by atoms with Crippen LogP contribution in [0.5, 0.6) is 5.75 Å². The maximum atomic E-state index is 6.24. The first-order valence-corrected chi connectivity index (χ1v) is 10.3. The molecule has 0 radical (unpaired) electrons. The predicted molar refractivity (Wildman–Crippen MR) is 119 cm³/mol. The Kier molecular flexibility index (Phi) is 4.65. The fourth-order valence-electron chi connectivity index (χ4n) is 4.39. The lowest BCUT2D eigenvalue weighted by molar-refractivity contribution is 0.286. The van der Waals surface area contributed by atoms with Crippen molar-refractivity contribution in [3.8, 4) is 5.75 Å². The summed E-state index contributed by atoms with van der Waals surface area (Å²) in [5.74, 6) is 0.976. The van der Waals surface area contributed by atoms with Crippen molar-refractivity contribution >= 4 is 0 Å². The standard InChI is InChI=1S/C28H24O/c1-4-10-24(11-5-1)28(25-12-6-2-7-13-25,26-14-8-3-9-15-26)18-19-29-27-17-16-22-20-23(22)21-27/h1-17,21H,18-20H2. The Balaban J connectivity index is 1.55. The lowest BCUT2D eigenvalue weighted by atomic mass is 9.67. The molecule has 0 amide bonds. The molecule has 0 spiro atoms. The van der Waals surface area contributed by atoms with Gasteiger partial charge in [-0.2, -0.15) is 0 Å². The van der Waals surface area contributed by atoms with Gasteiger partial charge in [0.25, 0.3) is 0 Å². The van der Waals surface area contributed by atoms with E-state index in [4.69, 9.17) is 4.74 Å². The van der Waals surface area contributed by atoms with Gasteiger partial charge in [0.15, 0.2) is 0 Å². The van der Waals surface area contributed by atoms with Gasteiger partial charge in [-0.1, -0.05) is 97.1 Å². The largest absolute Gasteiger partial charge is 0.494 e. The van der Waals surface area contributed by atoms with E-state index >= 15 is 0 Å². The predicted octanol–water partition coefficient (Wildman–Crippen LogP) is 6.39. The molecule has 142 valence electrons. The van der Waals surface area contributed by atoms with E-state index in [1.165, 1.54) is 27.8 Å². The molecule has 4 aromatic carbocycles. The van der Waals surface area contributed by atoms with E-state index in [1.807, 2.05) is 0 Å². The lowest BCUT2D eigenvalue weighted by Crippen LogP contribution is -2.31. The molecule has 0 bridgehead atoms. The highest BCUT2D eigenvalue weighted by Gasteiger charge is 2.36. The van der Waals surface area contributed by atoms with E-state index in [0.29, 0.717) is 6.61 Å². The minimum Gasteiger partial charge on any atom is -0.494 e. The zero-order valence-electron chi connectivity index (χ0n) is 16.4. The van der Waals surface area contributed by atoms with E-state index < -0.39 is 0 Å². The summed E-state index contributed by atoms with van der Waals surface area (Å²) in [5.41, 5.74) is 6.49. The van der Waals surface area contributed by atoms with Crippen LogP contribution in [0, 0.1) is 0 Å². The number of ether oxygens (including phenoxy) is 1. The second-order valence-corrected chi connectivity index (χ2v) is 7.71. The fourth-order valence-corrected chi connectivity index (χ4v) is 4.39. The van der Waals surface area contributed by atoms with Crippen LogP contribution in [0.3, 0.4) is 0 Å². The quantitative estimate of drug-likeness (QED) is 0.299. The van der Waals surface area contributed by atoms with Gasteiger partial charge in [0.1, 0.15) is 5.75 Å². The monoisotopic (exact) mass is 376 g/mol. The molecule has 0 saturated heterocycles. The Bertz CT molecular complexity index is 988. The van der Waals surface area contributed by atoms with Crippen molar-refractivity contribution in [2.75, 3.05) is 6.61 Å². The number of hydrogen-bond acceptors (Lipinski definition) is 1. The number of rotatable bonds is 7. The van der Waals surface area contributed by atoms with Gasteiger partial charge in [-0.25, -0.2) is 0 Å². The molecule has 0 aliphatic heterocycles. The summed E-state index contributed by atoms with van der Waals surface area (Å²) in [6.45, 7) is 0.650. The van der Waals surface area contributed by atoms with Gasteiger partial charge in [-0.15, -0.1) is 0 Å². The van der Waals surface area contributed by atoms with Crippen LogP contribution in [0.25, 0.3) is 0 Å². The second-order valence-electron chi connectivity index (χ2n) is 7.71. The van der Waals surface area contributed by atoms with Gasteiger partial charge in [0.2, 0.25) is 0 Å². The van der Waals surface area contributed by atoms with Crippen LogP contribution in [0.15, 0.2) is 109 Å². The summed E-state index contributed by atoms with van der Waals surface area (Å²) in [6, 6.07) is 38.9. The fraction of sp³-hybridized carbons (Fsp3) is 0.143. The van der Waals surface area contributed by atoms with Crippen LogP contribution in [0.4, 0.5) is 0 Å². The molecule has 0 saturated carbocycles. The first-order valence-electron chi connectivity index (χ1n) is 10.3. The Labute approximate surface area is 172 Å². The van der Waals surface area contributed by atoms with Gasteiger partial charge in [0.05, 0.1) is 6.61 Å². The highest BCUT2D eigenvalue weighted by atomic mass is 16.5. The van der Waals surface area contributed by atoms with E-state index in [9.17, 15) is 0 Å². The summed E-state index contributed by atoms with van der Waals surface area (Å²) >= 11 is 0. The van der Waals surface area contributed by atoms with Gasteiger partial charge >= 0.3 is 0 Å². The molecule has 29 heavy (non-hydrogen) atoms. The number of fused-ring (bicyclic) bond motifs is 1. The van der Waals surface area contributed by atoms with Gasteiger partial charge in [0, 0.05) is 5.41 Å². The first kappa shape index (κ1) is 17.8. The van der Waals surface area contributed by atoms with E-state index in [0.717, 1.165) is 18.6 Å². The maximum absolute atomic E-state index is 6.24. The zero-order chi connectivity index (χ0) is 19.5. The molecule has 1 aliphatic rings. The van der Waals surface area contributed by atoms with Crippen molar-refractivity contribution in [2.24, 2.45) is 0 Å². The third kappa shape index (κ3) is 3.45. The Morgan fingerprint density at radius 2 is 1.10 bits per heavy atom. The number of hydrogen-bond donors (Lipinski definition) is 0.